The molecule has 5 nitrogen and oxygen atoms in total. The molecule has 0 aromatic heterocycles. The number of hydrogen-bond acceptors (Lipinski definition) is 4. The SMILES string of the molecule is C=CCC1CC(C)CC(=O)C12CCCCN(C(=O)OC(C)(C)C)CCCC2=O. The molecule has 1 saturated carbocycles. The summed E-state index contributed by atoms with van der Waals surface area (Å²) in [6, 6.07) is 0. The molecular formula is C23H37NO4. The quantitative estimate of drug-likeness (QED) is 0.494. The maximum absolute atomic E-state index is 13.3. The second-order valence-corrected chi connectivity index (χ2v) is 9.61. The van der Waals surface area contributed by atoms with Gasteiger partial charge in [-0.2, -0.15) is 0 Å². The van der Waals surface area contributed by atoms with E-state index in [9.17, 15) is 14.4 Å². The molecule has 1 aliphatic carbocycles. The molecule has 1 heterocycles. The smallest absolute Gasteiger partial charge is 0.410 e. The van der Waals surface area contributed by atoms with Crippen LogP contribution in [0.5, 0.6) is 0 Å². The van der Waals surface area contributed by atoms with Gasteiger partial charge in [0, 0.05) is 25.9 Å². The molecule has 0 aromatic rings. The van der Waals surface area contributed by atoms with Crippen molar-refractivity contribution in [2.24, 2.45) is 17.3 Å². The predicted molar refractivity (Wildman–Crippen MR) is 110 cm³/mol. The summed E-state index contributed by atoms with van der Waals surface area (Å²) in [6.07, 6.45) is 6.71. The molecule has 1 saturated heterocycles. The average Bonchev–Trinajstić information content (AvgIpc) is 2.57. The van der Waals surface area contributed by atoms with Crippen molar-refractivity contribution >= 4 is 17.7 Å². The van der Waals surface area contributed by atoms with Gasteiger partial charge >= 0.3 is 6.09 Å². The summed E-state index contributed by atoms with van der Waals surface area (Å²) >= 11 is 0. The van der Waals surface area contributed by atoms with E-state index in [-0.39, 0.29) is 23.6 Å². The molecule has 2 fully saturated rings. The van der Waals surface area contributed by atoms with Gasteiger partial charge in [0.1, 0.15) is 17.2 Å². The molecule has 0 bridgehead atoms. The van der Waals surface area contributed by atoms with Crippen molar-refractivity contribution in [1.82, 2.24) is 4.90 Å². The molecule has 2 rings (SSSR count). The Balaban J connectivity index is 2.15. The Hall–Kier alpha value is -1.65. The van der Waals surface area contributed by atoms with Crippen molar-refractivity contribution in [3.05, 3.63) is 12.7 Å². The first-order valence-corrected chi connectivity index (χ1v) is 10.8. The Kier molecular flexibility index (Phi) is 7.46. The van der Waals surface area contributed by atoms with E-state index in [1.165, 1.54) is 0 Å². The number of allylic oxidation sites excluding steroid dienone is 1. The molecule has 1 amide bonds. The second-order valence-electron chi connectivity index (χ2n) is 9.61. The third kappa shape index (κ3) is 5.24. The fraction of sp³-hybridized carbons (Fsp3) is 0.783. The fourth-order valence-corrected chi connectivity index (χ4v) is 4.84. The van der Waals surface area contributed by atoms with Crippen LogP contribution in [-0.2, 0) is 14.3 Å². The topological polar surface area (TPSA) is 63.7 Å². The molecule has 1 spiro atoms. The number of Topliss-reactive ketones (excluding diaryl/α,β-unsaturated/α-hetero) is 2. The Labute approximate surface area is 169 Å². The first-order valence-electron chi connectivity index (χ1n) is 10.8. The van der Waals surface area contributed by atoms with Gasteiger partial charge in [0.15, 0.2) is 0 Å². The van der Waals surface area contributed by atoms with Gasteiger partial charge in [-0.3, -0.25) is 9.59 Å². The highest BCUT2D eigenvalue weighted by Crippen LogP contribution is 2.48. The van der Waals surface area contributed by atoms with Gasteiger partial charge in [-0.05, 0) is 64.7 Å². The van der Waals surface area contributed by atoms with Crippen LogP contribution in [0.3, 0.4) is 0 Å². The molecule has 0 aromatic carbocycles. The van der Waals surface area contributed by atoms with Crippen LogP contribution in [0.1, 0.15) is 79.1 Å². The molecule has 3 unspecified atom stereocenters. The van der Waals surface area contributed by atoms with Crippen molar-refractivity contribution in [1.29, 1.82) is 0 Å². The summed E-state index contributed by atoms with van der Waals surface area (Å²) in [5.41, 5.74) is -1.37. The van der Waals surface area contributed by atoms with E-state index >= 15 is 0 Å². The van der Waals surface area contributed by atoms with Crippen molar-refractivity contribution in [3.63, 3.8) is 0 Å². The van der Waals surface area contributed by atoms with Gasteiger partial charge in [0.25, 0.3) is 0 Å². The number of ketones is 2. The van der Waals surface area contributed by atoms with E-state index in [0.29, 0.717) is 51.1 Å². The molecule has 5 heteroatoms. The largest absolute Gasteiger partial charge is 0.444 e. The number of carbonyl (C=O) groups is 3. The monoisotopic (exact) mass is 391 g/mol. The Morgan fingerprint density at radius 1 is 1.21 bits per heavy atom. The number of ether oxygens (including phenoxy) is 1. The van der Waals surface area contributed by atoms with Crippen molar-refractivity contribution in [2.75, 3.05) is 13.1 Å². The highest BCUT2D eigenvalue weighted by molar-refractivity contribution is 6.08. The summed E-state index contributed by atoms with van der Waals surface area (Å²) in [7, 11) is 0. The van der Waals surface area contributed by atoms with Crippen molar-refractivity contribution in [3.8, 4) is 0 Å². The number of carbonyl (C=O) groups excluding carboxylic acids is 3. The highest BCUT2D eigenvalue weighted by atomic mass is 16.6. The van der Waals surface area contributed by atoms with E-state index in [1.54, 1.807) is 4.90 Å². The van der Waals surface area contributed by atoms with Crippen LogP contribution in [0.4, 0.5) is 4.79 Å². The number of hydrogen-bond donors (Lipinski definition) is 0. The van der Waals surface area contributed by atoms with E-state index in [4.69, 9.17) is 4.74 Å². The lowest BCUT2D eigenvalue weighted by molar-refractivity contribution is -0.150. The zero-order valence-corrected chi connectivity index (χ0v) is 18.1. The van der Waals surface area contributed by atoms with Crippen LogP contribution >= 0.6 is 0 Å². The van der Waals surface area contributed by atoms with Gasteiger partial charge in [-0.1, -0.05) is 19.4 Å². The third-order valence-electron chi connectivity index (χ3n) is 6.10. The number of nitrogens with zero attached hydrogens (tertiary/aromatic N) is 1. The Bertz CT molecular complexity index is 606. The van der Waals surface area contributed by atoms with Crippen LogP contribution < -0.4 is 0 Å². The van der Waals surface area contributed by atoms with Crippen LogP contribution in [0.15, 0.2) is 12.7 Å². The summed E-state index contributed by atoms with van der Waals surface area (Å²) in [4.78, 5) is 40.6. The normalized spacial score (nSPS) is 30.2. The van der Waals surface area contributed by atoms with Crippen LogP contribution in [0, 0.1) is 17.3 Å². The maximum Gasteiger partial charge on any atom is 0.410 e. The number of amides is 1. The van der Waals surface area contributed by atoms with Gasteiger partial charge in [0.05, 0.1) is 5.41 Å². The lowest BCUT2D eigenvalue weighted by atomic mass is 9.57. The van der Waals surface area contributed by atoms with E-state index in [2.05, 4.69) is 13.5 Å². The van der Waals surface area contributed by atoms with E-state index in [0.717, 1.165) is 19.3 Å². The lowest BCUT2D eigenvalue weighted by Crippen LogP contribution is -2.50. The van der Waals surface area contributed by atoms with Crippen LogP contribution in [0.2, 0.25) is 0 Å². The van der Waals surface area contributed by atoms with E-state index < -0.39 is 11.0 Å². The molecule has 0 radical (unpaired) electrons. The van der Waals surface area contributed by atoms with Crippen molar-refractivity contribution in [2.45, 2.75) is 84.7 Å². The number of rotatable bonds is 2. The molecule has 3 atom stereocenters. The van der Waals surface area contributed by atoms with Crippen LogP contribution in [-0.4, -0.2) is 41.3 Å². The van der Waals surface area contributed by atoms with E-state index in [1.807, 2.05) is 26.8 Å². The Morgan fingerprint density at radius 2 is 1.89 bits per heavy atom. The second kappa shape index (κ2) is 9.23. The predicted octanol–water partition coefficient (Wildman–Crippen LogP) is 4.93. The minimum Gasteiger partial charge on any atom is -0.444 e. The molecule has 1 aliphatic heterocycles. The van der Waals surface area contributed by atoms with Crippen molar-refractivity contribution < 1.29 is 19.1 Å². The lowest BCUT2D eigenvalue weighted by Gasteiger charge is -2.44. The highest BCUT2D eigenvalue weighted by Gasteiger charge is 2.52. The average molecular weight is 392 g/mol. The summed E-state index contributed by atoms with van der Waals surface area (Å²) in [5.74, 6) is 0.596. The zero-order chi connectivity index (χ0) is 20.9. The molecule has 28 heavy (non-hydrogen) atoms. The van der Waals surface area contributed by atoms with Gasteiger partial charge in [0.2, 0.25) is 0 Å². The van der Waals surface area contributed by atoms with Gasteiger partial charge in [-0.25, -0.2) is 4.79 Å². The molecule has 158 valence electrons. The Morgan fingerprint density at radius 3 is 2.54 bits per heavy atom. The fourth-order valence-electron chi connectivity index (χ4n) is 4.84. The maximum atomic E-state index is 13.3. The van der Waals surface area contributed by atoms with Gasteiger partial charge < -0.3 is 9.64 Å². The molecule has 0 N–H and O–H groups in total. The summed E-state index contributed by atoms with van der Waals surface area (Å²) in [6.45, 7) is 12.6. The first kappa shape index (κ1) is 22.6. The zero-order valence-electron chi connectivity index (χ0n) is 18.1. The standard InChI is InChI=1S/C23H37NO4/c1-6-10-18-15-17(2)16-20(26)23(18)12-7-8-13-24(14-9-11-19(23)25)21(27)28-22(3,4)5/h6,17-18H,1,7-16H2,2-5H3. The first-order chi connectivity index (χ1) is 13.1. The van der Waals surface area contributed by atoms with Gasteiger partial charge in [-0.15, -0.1) is 6.58 Å². The minimum absolute atomic E-state index is 0.0649. The summed E-state index contributed by atoms with van der Waals surface area (Å²) < 4.78 is 5.50. The molecular weight excluding hydrogens is 354 g/mol. The minimum atomic E-state index is -0.839. The summed E-state index contributed by atoms with van der Waals surface area (Å²) in [5, 5.41) is 0. The van der Waals surface area contributed by atoms with Crippen LogP contribution in [0.25, 0.3) is 0 Å². The molecule has 2 aliphatic rings. The third-order valence-corrected chi connectivity index (χ3v) is 6.10.